The lowest BCUT2D eigenvalue weighted by Gasteiger charge is -2.19. The minimum Gasteiger partial charge on any atom is -0.385 e. The van der Waals surface area contributed by atoms with Gasteiger partial charge in [-0.3, -0.25) is 4.79 Å². The van der Waals surface area contributed by atoms with Gasteiger partial charge >= 0.3 is 0 Å². The molecule has 1 aliphatic rings. The van der Waals surface area contributed by atoms with Crippen LogP contribution >= 0.6 is 11.3 Å². The molecule has 1 heterocycles. The molecule has 1 amide bonds. The number of carbonyl (C=O) groups is 1. The predicted octanol–water partition coefficient (Wildman–Crippen LogP) is 5.03. The zero-order valence-corrected chi connectivity index (χ0v) is 19.9. The van der Waals surface area contributed by atoms with E-state index in [0.29, 0.717) is 16.7 Å². The molecule has 170 valence electrons. The predicted molar refractivity (Wildman–Crippen MR) is 118 cm³/mol. The van der Waals surface area contributed by atoms with Gasteiger partial charge in [-0.15, -0.1) is 15.7 Å². The molecule has 0 spiro atoms. The van der Waals surface area contributed by atoms with E-state index < -0.39 is 27.2 Å². The Morgan fingerprint density at radius 2 is 1.97 bits per heavy atom. The molecule has 1 unspecified atom stereocenters. The van der Waals surface area contributed by atoms with E-state index in [0.717, 1.165) is 35.8 Å². The first-order valence-corrected chi connectivity index (χ1v) is 12.5. The molecule has 1 atom stereocenters. The van der Waals surface area contributed by atoms with Crippen molar-refractivity contribution in [3.8, 4) is 0 Å². The van der Waals surface area contributed by atoms with Gasteiger partial charge in [0.25, 0.3) is 5.91 Å². The normalized spacial score (nSPS) is 16.5. The van der Waals surface area contributed by atoms with Gasteiger partial charge in [-0.2, -0.15) is 0 Å². The van der Waals surface area contributed by atoms with Crippen molar-refractivity contribution >= 4 is 27.2 Å². The number of aliphatic hydroxyl groups is 1. The molecule has 1 saturated carbocycles. The number of nitrogens with zero attached hydrogens (tertiary/aromatic N) is 1. The fourth-order valence-corrected chi connectivity index (χ4v) is 6.09. The van der Waals surface area contributed by atoms with Crippen LogP contribution in [0, 0.1) is 18.6 Å². The summed E-state index contributed by atoms with van der Waals surface area (Å²) in [6, 6.07) is 2.82. The third-order valence-electron chi connectivity index (χ3n) is 5.31. The fraction of sp³-hybridized carbons (Fsp3) is 0.500. The molecule has 0 bridgehead atoms. The van der Waals surface area contributed by atoms with Crippen molar-refractivity contribution in [3.05, 3.63) is 50.9 Å². The Kier molecular flexibility index (Phi) is 6.46. The summed E-state index contributed by atoms with van der Waals surface area (Å²) in [6.07, 6.45) is 1.68. The second-order valence-corrected chi connectivity index (χ2v) is 12.0. The number of thiophene rings is 1. The lowest BCUT2D eigenvalue weighted by Crippen LogP contribution is -2.17. The number of amides is 1. The lowest BCUT2D eigenvalue weighted by molar-refractivity contribution is -0.117. The van der Waals surface area contributed by atoms with Crippen molar-refractivity contribution < 1.29 is 22.9 Å². The molecule has 0 aliphatic heterocycles. The van der Waals surface area contributed by atoms with Crippen molar-refractivity contribution in [2.45, 2.75) is 75.5 Å². The Morgan fingerprint density at radius 3 is 2.45 bits per heavy atom. The van der Waals surface area contributed by atoms with Crippen molar-refractivity contribution in [2.75, 3.05) is 0 Å². The monoisotopic (exact) mass is 470 g/mol. The highest BCUT2D eigenvalue weighted by Crippen LogP contribution is 2.45. The Labute approximate surface area is 186 Å². The number of aryl methyl sites for hydroxylation is 1. The summed E-state index contributed by atoms with van der Waals surface area (Å²) >= 11 is 0.721. The molecule has 31 heavy (non-hydrogen) atoms. The zero-order chi connectivity index (χ0) is 23.3. The number of hydrogen-bond donors (Lipinski definition) is 2. The second-order valence-electron chi connectivity index (χ2n) is 8.95. The fourth-order valence-electron chi connectivity index (χ4n) is 3.67. The van der Waals surface area contributed by atoms with Gasteiger partial charge in [-0.25, -0.2) is 18.1 Å². The smallest absolute Gasteiger partial charge is 0.259 e. The first kappa shape index (κ1) is 24.0. The third-order valence-corrected chi connectivity index (χ3v) is 8.70. The summed E-state index contributed by atoms with van der Waals surface area (Å²) in [5, 5.41) is 15.8. The van der Waals surface area contributed by atoms with Crippen LogP contribution in [0.3, 0.4) is 0 Å². The SMILES string of the molecule is Cc1cc(C2CC2)c(CC(=O)N=S(N)(=O)c2sc(C(C)(C)O)cc2F)c(C(C)C)c1F. The Balaban J connectivity index is 2.02. The number of rotatable bonds is 6. The van der Waals surface area contributed by atoms with Gasteiger partial charge in [0.2, 0.25) is 0 Å². The van der Waals surface area contributed by atoms with E-state index >= 15 is 0 Å². The number of nitrogens with two attached hydrogens (primary N) is 1. The van der Waals surface area contributed by atoms with Gasteiger partial charge in [-0.1, -0.05) is 19.9 Å². The van der Waals surface area contributed by atoms with E-state index in [4.69, 9.17) is 5.14 Å². The standard InChI is InChI=1S/C22H28F2N2O3S2/c1-11(2)19-15(14(13-6-7-13)8-12(3)20(19)24)9-18(27)26-31(25,29)21-16(23)10-17(30-21)22(4,5)28/h8,10-11,13,28H,6-7,9H2,1-5H3,(H2,25,26,27,29). The van der Waals surface area contributed by atoms with Gasteiger partial charge in [0.05, 0.1) is 12.0 Å². The summed E-state index contributed by atoms with van der Waals surface area (Å²) in [5.41, 5.74) is 1.12. The molecule has 0 radical (unpaired) electrons. The quantitative estimate of drug-likeness (QED) is 0.620. The maximum atomic E-state index is 14.9. The van der Waals surface area contributed by atoms with Crippen molar-refractivity contribution in [2.24, 2.45) is 9.50 Å². The van der Waals surface area contributed by atoms with E-state index in [1.165, 1.54) is 13.8 Å². The van der Waals surface area contributed by atoms with Crippen LogP contribution in [0.1, 0.15) is 79.5 Å². The van der Waals surface area contributed by atoms with Gasteiger partial charge in [0.15, 0.2) is 19.9 Å². The molecule has 9 heteroatoms. The van der Waals surface area contributed by atoms with Gasteiger partial charge in [0.1, 0.15) is 5.82 Å². The summed E-state index contributed by atoms with van der Waals surface area (Å²) < 4.78 is 45.5. The highest BCUT2D eigenvalue weighted by Gasteiger charge is 2.31. The highest BCUT2D eigenvalue weighted by molar-refractivity contribution is 7.93. The average Bonchev–Trinajstić information content (AvgIpc) is 3.36. The minimum absolute atomic E-state index is 0.161. The van der Waals surface area contributed by atoms with Crippen LogP contribution in [-0.4, -0.2) is 15.2 Å². The van der Waals surface area contributed by atoms with Crippen molar-refractivity contribution in [1.29, 1.82) is 0 Å². The molecule has 1 aromatic heterocycles. The summed E-state index contributed by atoms with van der Waals surface area (Å²) in [5.74, 6) is -1.92. The summed E-state index contributed by atoms with van der Waals surface area (Å²) in [7, 11) is -3.85. The van der Waals surface area contributed by atoms with Crippen LogP contribution in [0.2, 0.25) is 0 Å². The number of halogens is 2. The Bertz CT molecular complexity index is 1150. The zero-order valence-electron chi connectivity index (χ0n) is 18.3. The maximum absolute atomic E-state index is 14.9. The first-order valence-electron chi connectivity index (χ1n) is 10.1. The Morgan fingerprint density at radius 1 is 1.35 bits per heavy atom. The van der Waals surface area contributed by atoms with E-state index in [9.17, 15) is 22.9 Å². The van der Waals surface area contributed by atoms with E-state index in [1.807, 2.05) is 13.8 Å². The topological polar surface area (TPSA) is 92.8 Å². The first-order chi connectivity index (χ1) is 14.2. The number of benzene rings is 1. The molecular formula is C22H28F2N2O3S2. The van der Waals surface area contributed by atoms with Gasteiger partial charge in [0, 0.05) is 4.88 Å². The van der Waals surface area contributed by atoms with E-state index in [-0.39, 0.29) is 33.2 Å². The van der Waals surface area contributed by atoms with Crippen LogP contribution in [0.15, 0.2) is 20.7 Å². The molecule has 2 aromatic rings. The van der Waals surface area contributed by atoms with Crippen LogP contribution in [-0.2, 0) is 26.7 Å². The molecule has 3 rings (SSSR count). The van der Waals surface area contributed by atoms with E-state index in [2.05, 4.69) is 4.36 Å². The lowest BCUT2D eigenvalue weighted by atomic mass is 9.87. The van der Waals surface area contributed by atoms with Crippen LogP contribution in [0.4, 0.5) is 8.78 Å². The third kappa shape index (κ3) is 5.05. The molecule has 1 fully saturated rings. The molecular weight excluding hydrogens is 442 g/mol. The van der Waals surface area contributed by atoms with E-state index in [1.54, 1.807) is 13.0 Å². The maximum Gasteiger partial charge on any atom is 0.259 e. The molecule has 1 aromatic carbocycles. The Hall–Kier alpha value is -1.68. The second kappa shape index (κ2) is 8.35. The van der Waals surface area contributed by atoms with Crippen LogP contribution in [0.25, 0.3) is 0 Å². The van der Waals surface area contributed by atoms with Crippen LogP contribution < -0.4 is 5.14 Å². The number of carbonyl (C=O) groups excluding carboxylic acids is 1. The minimum atomic E-state index is -3.85. The highest BCUT2D eigenvalue weighted by atomic mass is 32.2. The van der Waals surface area contributed by atoms with Crippen molar-refractivity contribution in [3.63, 3.8) is 0 Å². The van der Waals surface area contributed by atoms with Crippen LogP contribution in [0.5, 0.6) is 0 Å². The molecule has 1 aliphatic carbocycles. The number of hydrogen-bond acceptors (Lipinski definition) is 4. The largest absolute Gasteiger partial charge is 0.385 e. The molecule has 5 nitrogen and oxygen atoms in total. The molecule has 3 N–H and O–H groups in total. The summed E-state index contributed by atoms with van der Waals surface area (Å²) in [6.45, 7) is 8.33. The summed E-state index contributed by atoms with van der Waals surface area (Å²) in [4.78, 5) is 13.0. The van der Waals surface area contributed by atoms with Crippen molar-refractivity contribution in [1.82, 2.24) is 0 Å². The average molecular weight is 471 g/mol. The van der Waals surface area contributed by atoms with Gasteiger partial charge in [-0.05, 0) is 73.8 Å². The molecule has 0 saturated heterocycles. The van der Waals surface area contributed by atoms with Gasteiger partial charge < -0.3 is 5.11 Å².